The highest BCUT2D eigenvalue weighted by Crippen LogP contribution is 2.10. The number of carbonyl (C=O) groups excluding carboxylic acids is 1. The van der Waals surface area contributed by atoms with Gasteiger partial charge in [-0.25, -0.2) is 14.3 Å². The Morgan fingerprint density at radius 1 is 1.64 bits per heavy atom. The zero-order valence-electron chi connectivity index (χ0n) is 7.47. The molecule has 0 radical (unpaired) electrons. The van der Waals surface area contributed by atoms with Gasteiger partial charge in [0.05, 0.1) is 7.11 Å². The Hall–Kier alpha value is -2.11. The normalized spacial score (nSPS) is 10.4. The minimum Gasteiger partial charge on any atom is -0.463 e. The summed E-state index contributed by atoms with van der Waals surface area (Å²) in [5.74, 6) is -0.397. The van der Waals surface area contributed by atoms with Crippen LogP contribution in [0.2, 0.25) is 0 Å². The molecule has 0 saturated heterocycles. The van der Waals surface area contributed by atoms with Crippen molar-refractivity contribution in [1.29, 1.82) is 0 Å². The molecule has 14 heavy (non-hydrogen) atoms. The molecule has 0 fully saturated rings. The highest BCUT2D eigenvalue weighted by molar-refractivity contribution is 5.86. The van der Waals surface area contributed by atoms with E-state index in [-0.39, 0.29) is 11.6 Å². The van der Waals surface area contributed by atoms with Crippen molar-refractivity contribution in [2.75, 3.05) is 12.8 Å². The molecule has 2 N–H and O–H groups in total. The average molecular weight is 192 g/mol. The van der Waals surface area contributed by atoms with E-state index >= 15 is 0 Å². The first-order valence-electron chi connectivity index (χ1n) is 3.91. The lowest BCUT2D eigenvalue weighted by atomic mass is 10.5. The third-order valence-corrected chi connectivity index (χ3v) is 1.79. The molecule has 6 heteroatoms. The van der Waals surface area contributed by atoms with Gasteiger partial charge in [0.25, 0.3) is 5.82 Å². The Balaban J connectivity index is 2.64. The maximum atomic E-state index is 11.1. The average Bonchev–Trinajstić information content (AvgIpc) is 2.64. The molecular formula is C8H8N4O2. The molecule has 0 aromatic carbocycles. The predicted molar refractivity (Wildman–Crippen MR) is 48.7 cm³/mol. The standard InChI is InChI=1S/C8H8N4O2/c1-14-8(13)7-10-6(9)5-3-2-4-12(5)11-7/h2-4H,1H3,(H2,9,10,11). The summed E-state index contributed by atoms with van der Waals surface area (Å²) in [7, 11) is 1.27. The highest BCUT2D eigenvalue weighted by atomic mass is 16.5. The Bertz CT molecular complexity index is 491. The van der Waals surface area contributed by atoms with Crippen LogP contribution in [0.15, 0.2) is 18.3 Å². The van der Waals surface area contributed by atoms with Crippen LogP contribution in [0.25, 0.3) is 5.52 Å². The number of nitrogen functional groups attached to an aromatic ring is 1. The number of fused-ring (bicyclic) bond motifs is 1. The Labute approximate surface area is 79.3 Å². The van der Waals surface area contributed by atoms with Gasteiger partial charge in [-0.15, -0.1) is 5.10 Å². The van der Waals surface area contributed by atoms with Crippen LogP contribution in [0.1, 0.15) is 10.6 Å². The second-order valence-electron chi connectivity index (χ2n) is 2.65. The molecule has 0 unspecified atom stereocenters. The zero-order valence-corrected chi connectivity index (χ0v) is 7.47. The van der Waals surface area contributed by atoms with E-state index in [1.807, 2.05) is 0 Å². The molecule has 2 heterocycles. The fraction of sp³-hybridized carbons (Fsp3) is 0.125. The topological polar surface area (TPSA) is 82.5 Å². The third kappa shape index (κ3) is 1.17. The van der Waals surface area contributed by atoms with Gasteiger partial charge >= 0.3 is 5.97 Å². The van der Waals surface area contributed by atoms with E-state index in [9.17, 15) is 4.79 Å². The third-order valence-electron chi connectivity index (χ3n) is 1.79. The quantitative estimate of drug-likeness (QED) is 0.648. The van der Waals surface area contributed by atoms with Gasteiger partial charge < -0.3 is 10.5 Å². The maximum absolute atomic E-state index is 11.1. The first-order valence-corrected chi connectivity index (χ1v) is 3.91. The molecule has 6 nitrogen and oxygen atoms in total. The highest BCUT2D eigenvalue weighted by Gasteiger charge is 2.12. The molecule has 0 amide bonds. The number of rotatable bonds is 1. The first-order chi connectivity index (χ1) is 6.72. The van der Waals surface area contributed by atoms with Gasteiger partial charge in [0.15, 0.2) is 5.82 Å². The number of esters is 1. The number of ether oxygens (including phenoxy) is 1. The summed E-state index contributed by atoms with van der Waals surface area (Å²) in [6.07, 6.45) is 1.68. The van der Waals surface area contributed by atoms with Crippen LogP contribution in [-0.2, 0) is 4.74 Å². The van der Waals surface area contributed by atoms with E-state index < -0.39 is 5.97 Å². The summed E-state index contributed by atoms with van der Waals surface area (Å²) in [6, 6.07) is 3.53. The summed E-state index contributed by atoms with van der Waals surface area (Å²) >= 11 is 0. The number of methoxy groups -OCH3 is 1. The lowest BCUT2D eigenvalue weighted by Gasteiger charge is -2.01. The summed E-state index contributed by atoms with van der Waals surface area (Å²) in [4.78, 5) is 14.9. The lowest BCUT2D eigenvalue weighted by Crippen LogP contribution is -2.12. The van der Waals surface area contributed by atoms with Crippen molar-refractivity contribution < 1.29 is 9.53 Å². The molecular weight excluding hydrogens is 184 g/mol. The molecule has 2 aromatic heterocycles. The maximum Gasteiger partial charge on any atom is 0.377 e. The summed E-state index contributed by atoms with van der Waals surface area (Å²) in [5, 5.41) is 3.92. The van der Waals surface area contributed by atoms with Crippen LogP contribution in [-0.4, -0.2) is 27.7 Å². The number of nitrogens with zero attached hydrogens (tertiary/aromatic N) is 3. The minimum absolute atomic E-state index is 0.0475. The van der Waals surface area contributed by atoms with Crippen molar-refractivity contribution in [3.63, 3.8) is 0 Å². The number of aromatic nitrogens is 3. The van der Waals surface area contributed by atoms with Gasteiger partial charge in [-0.3, -0.25) is 0 Å². The van der Waals surface area contributed by atoms with E-state index in [2.05, 4.69) is 14.8 Å². The van der Waals surface area contributed by atoms with E-state index in [0.717, 1.165) is 0 Å². The molecule has 0 bridgehead atoms. The molecule has 2 rings (SSSR count). The number of hydrogen-bond acceptors (Lipinski definition) is 5. The van der Waals surface area contributed by atoms with Crippen molar-refractivity contribution >= 4 is 17.3 Å². The van der Waals surface area contributed by atoms with Crippen LogP contribution in [0, 0.1) is 0 Å². The SMILES string of the molecule is COC(=O)c1nc(N)c2cccn2n1. The van der Waals surface area contributed by atoms with Gasteiger partial charge in [0, 0.05) is 6.20 Å². The molecule has 72 valence electrons. The fourth-order valence-corrected chi connectivity index (χ4v) is 1.14. The van der Waals surface area contributed by atoms with Crippen molar-refractivity contribution in [3.8, 4) is 0 Å². The molecule has 0 saturated carbocycles. The Kier molecular flexibility index (Phi) is 1.81. The fourth-order valence-electron chi connectivity index (χ4n) is 1.14. The lowest BCUT2D eigenvalue weighted by molar-refractivity contribution is 0.0585. The summed E-state index contributed by atoms with van der Waals surface area (Å²) in [6.45, 7) is 0. The van der Waals surface area contributed by atoms with Crippen molar-refractivity contribution in [3.05, 3.63) is 24.2 Å². The summed E-state index contributed by atoms with van der Waals surface area (Å²) < 4.78 is 5.96. The van der Waals surface area contributed by atoms with Crippen molar-refractivity contribution in [2.24, 2.45) is 0 Å². The molecule has 0 atom stereocenters. The molecule has 0 spiro atoms. The number of anilines is 1. The summed E-state index contributed by atoms with van der Waals surface area (Å²) in [5.41, 5.74) is 6.28. The van der Waals surface area contributed by atoms with Crippen LogP contribution >= 0.6 is 0 Å². The largest absolute Gasteiger partial charge is 0.463 e. The van der Waals surface area contributed by atoms with Crippen molar-refractivity contribution in [2.45, 2.75) is 0 Å². The van der Waals surface area contributed by atoms with Crippen LogP contribution in [0.3, 0.4) is 0 Å². The van der Waals surface area contributed by atoms with Gasteiger partial charge in [-0.05, 0) is 12.1 Å². The first kappa shape index (κ1) is 8.49. The zero-order chi connectivity index (χ0) is 10.1. The van der Waals surface area contributed by atoms with E-state index in [1.165, 1.54) is 11.6 Å². The molecule has 0 aliphatic heterocycles. The monoisotopic (exact) mass is 192 g/mol. The predicted octanol–water partition coefficient (Wildman–Crippen LogP) is 0.0981. The number of hydrogen-bond donors (Lipinski definition) is 1. The van der Waals surface area contributed by atoms with Gasteiger partial charge in [-0.1, -0.05) is 0 Å². The minimum atomic E-state index is -0.604. The second kappa shape index (κ2) is 2.99. The van der Waals surface area contributed by atoms with E-state index in [4.69, 9.17) is 5.73 Å². The molecule has 0 aliphatic carbocycles. The van der Waals surface area contributed by atoms with Crippen LogP contribution in [0.5, 0.6) is 0 Å². The smallest absolute Gasteiger partial charge is 0.377 e. The Morgan fingerprint density at radius 3 is 3.14 bits per heavy atom. The molecule has 2 aromatic rings. The number of nitrogens with two attached hydrogens (primary N) is 1. The van der Waals surface area contributed by atoms with Crippen LogP contribution < -0.4 is 5.73 Å². The van der Waals surface area contributed by atoms with Gasteiger partial charge in [-0.2, -0.15) is 0 Å². The van der Waals surface area contributed by atoms with Gasteiger partial charge in [0.2, 0.25) is 0 Å². The number of carbonyl (C=O) groups is 1. The van der Waals surface area contributed by atoms with E-state index in [1.54, 1.807) is 18.3 Å². The Morgan fingerprint density at radius 2 is 2.43 bits per heavy atom. The van der Waals surface area contributed by atoms with E-state index in [0.29, 0.717) is 5.52 Å². The van der Waals surface area contributed by atoms with Gasteiger partial charge in [0.1, 0.15) is 5.52 Å². The molecule has 0 aliphatic rings. The second-order valence-corrected chi connectivity index (χ2v) is 2.65. The van der Waals surface area contributed by atoms with Crippen molar-refractivity contribution in [1.82, 2.24) is 14.6 Å². The van der Waals surface area contributed by atoms with Crippen LogP contribution in [0.4, 0.5) is 5.82 Å².